The van der Waals surface area contributed by atoms with Crippen LogP contribution in [0.2, 0.25) is 0 Å². The number of carboxylic acid groups (broad SMARTS) is 1. The van der Waals surface area contributed by atoms with Gasteiger partial charge in [0.1, 0.15) is 0 Å². The SMILES string of the molecule is CC(C)(C)ON(C(=O)O)C(C(=O)NC1CCCCC1)c1ccccc1. The number of amides is 2. The highest BCUT2D eigenvalue weighted by Crippen LogP contribution is 2.26. The van der Waals surface area contributed by atoms with Crippen LogP contribution in [0.3, 0.4) is 0 Å². The van der Waals surface area contributed by atoms with Crippen LogP contribution in [-0.4, -0.2) is 33.8 Å². The number of nitrogens with zero attached hydrogens (tertiary/aromatic N) is 1. The van der Waals surface area contributed by atoms with Crippen LogP contribution in [-0.2, 0) is 9.63 Å². The van der Waals surface area contributed by atoms with Gasteiger partial charge in [0.05, 0.1) is 5.60 Å². The van der Waals surface area contributed by atoms with Gasteiger partial charge in [0, 0.05) is 6.04 Å². The minimum Gasteiger partial charge on any atom is -0.463 e. The molecule has 6 heteroatoms. The molecule has 25 heavy (non-hydrogen) atoms. The zero-order valence-electron chi connectivity index (χ0n) is 15.2. The third kappa shape index (κ3) is 5.74. The molecule has 2 N–H and O–H groups in total. The highest BCUT2D eigenvalue weighted by molar-refractivity contribution is 5.86. The van der Waals surface area contributed by atoms with Gasteiger partial charge in [-0.1, -0.05) is 49.6 Å². The molecule has 1 aliphatic rings. The van der Waals surface area contributed by atoms with Crippen LogP contribution < -0.4 is 5.32 Å². The fraction of sp³-hybridized carbons (Fsp3) is 0.579. The average Bonchev–Trinajstić information content (AvgIpc) is 2.55. The third-order valence-electron chi connectivity index (χ3n) is 4.11. The van der Waals surface area contributed by atoms with Crippen molar-refractivity contribution in [2.24, 2.45) is 0 Å². The van der Waals surface area contributed by atoms with Crippen molar-refractivity contribution in [3.8, 4) is 0 Å². The molecule has 0 radical (unpaired) electrons. The van der Waals surface area contributed by atoms with Crippen LogP contribution >= 0.6 is 0 Å². The van der Waals surface area contributed by atoms with Gasteiger partial charge >= 0.3 is 6.09 Å². The smallest absolute Gasteiger partial charge is 0.432 e. The summed E-state index contributed by atoms with van der Waals surface area (Å²) in [6.07, 6.45) is 3.93. The molecular formula is C19H28N2O4. The van der Waals surface area contributed by atoms with Gasteiger partial charge in [-0.2, -0.15) is 5.06 Å². The molecule has 1 unspecified atom stereocenters. The van der Waals surface area contributed by atoms with Crippen LogP contribution in [0.4, 0.5) is 4.79 Å². The van der Waals surface area contributed by atoms with E-state index in [9.17, 15) is 14.7 Å². The maximum absolute atomic E-state index is 12.9. The van der Waals surface area contributed by atoms with Crippen LogP contribution in [0.5, 0.6) is 0 Å². The van der Waals surface area contributed by atoms with Crippen LogP contribution in [0.15, 0.2) is 30.3 Å². The summed E-state index contributed by atoms with van der Waals surface area (Å²) in [5, 5.41) is 13.4. The minimum atomic E-state index is -1.29. The molecule has 0 spiro atoms. The predicted molar refractivity (Wildman–Crippen MR) is 94.9 cm³/mol. The van der Waals surface area contributed by atoms with E-state index in [0.717, 1.165) is 30.7 Å². The number of benzene rings is 1. The Morgan fingerprint density at radius 2 is 1.76 bits per heavy atom. The summed E-state index contributed by atoms with van der Waals surface area (Å²) in [5.41, 5.74) is -0.154. The molecule has 0 aromatic heterocycles. The lowest BCUT2D eigenvalue weighted by Gasteiger charge is -2.34. The summed E-state index contributed by atoms with van der Waals surface area (Å²) in [6.45, 7) is 5.26. The number of hydrogen-bond acceptors (Lipinski definition) is 3. The van der Waals surface area contributed by atoms with Crippen molar-refractivity contribution in [1.29, 1.82) is 0 Å². The summed E-state index contributed by atoms with van der Waals surface area (Å²) >= 11 is 0. The van der Waals surface area contributed by atoms with E-state index >= 15 is 0 Å². The van der Waals surface area contributed by atoms with E-state index in [-0.39, 0.29) is 11.9 Å². The first-order chi connectivity index (χ1) is 11.8. The molecule has 1 atom stereocenters. The maximum Gasteiger partial charge on any atom is 0.432 e. The monoisotopic (exact) mass is 348 g/mol. The zero-order chi connectivity index (χ0) is 18.4. The van der Waals surface area contributed by atoms with E-state index in [1.54, 1.807) is 45.0 Å². The van der Waals surface area contributed by atoms with Crippen LogP contribution in [0, 0.1) is 0 Å². The van der Waals surface area contributed by atoms with Gasteiger partial charge in [0.2, 0.25) is 5.91 Å². The second-order valence-corrected chi connectivity index (χ2v) is 7.47. The van der Waals surface area contributed by atoms with Gasteiger partial charge in [0.15, 0.2) is 6.04 Å². The van der Waals surface area contributed by atoms with E-state index in [1.807, 2.05) is 6.07 Å². The molecule has 0 saturated heterocycles. The summed E-state index contributed by atoms with van der Waals surface area (Å²) in [4.78, 5) is 30.4. The molecule has 1 fully saturated rings. The van der Waals surface area contributed by atoms with Crippen molar-refractivity contribution in [1.82, 2.24) is 10.4 Å². The number of rotatable bonds is 5. The first-order valence-electron chi connectivity index (χ1n) is 8.84. The quantitative estimate of drug-likeness (QED) is 0.791. The summed E-state index contributed by atoms with van der Waals surface area (Å²) in [5.74, 6) is -0.343. The molecule has 0 aliphatic heterocycles. The van der Waals surface area contributed by atoms with E-state index in [0.29, 0.717) is 5.56 Å². The normalized spacial score (nSPS) is 16.9. The van der Waals surface area contributed by atoms with Gasteiger partial charge in [-0.25, -0.2) is 4.79 Å². The molecule has 138 valence electrons. The molecule has 6 nitrogen and oxygen atoms in total. The van der Waals surface area contributed by atoms with Crippen LogP contribution in [0.25, 0.3) is 0 Å². The van der Waals surface area contributed by atoms with Gasteiger partial charge in [-0.05, 0) is 39.2 Å². The zero-order valence-corrected chi connectivity index (χ0v) is 15.2. The fourth-order valence-electron chi connectivity index (χ4n) is 3.05. The largest absolute Gasteiger partial charge is 0.463 e. The van der Waals surface area contributed by atoms with Gasteiger partial charge in [-0.15, -0.1) is 0 Å². The van der Waals surface area contributed by atoms with Gasteiger partial charge in [-0.3, -0.25) is 9.63 Å². The summed E-state index contributed by atoms with van der Waals surface area (Å²) in [7, 11) is 0. The lowest BCUT2D eigenvalue weighted by atomic mass is 9.95. The van der Waals surface area contributed by atoms with E-state index in [1.165, 1.54) is 6.42 Å². The van der Waals surface area contributed by atoms with Crippen molar-refractivity contribution in [2.75, 3.05) is 0 Å². The van der Waals surface area contributed by atoms with Crippen molar-refractivity contribution in [3.05, 3.63) is 35.9 Å². The van der Waals surface area contributed by atoms with E-state index < -0.39 is 17.7 Å². The summed E-state index contributed by atoms with van der Waals surface area (Å²) in [6, 6.07) is 7.94. The molecular weight excluding hydrogens is 320 g/mol. The van der Waals surface area contributed by atoms with Crippen molar-refractivity contribution >= 4 is 12.0 Å². The first-order valence-corrected chi connectivity index (χ1v) is 8.84. The van der Waals surface area contributed by atoms with E-state index in [2.05, 4.69) is 5.32 Å². The molecule has 1 aromatic rings. The lowest BCUT2D eigenvalue weighted by molar-refractivity contribution is -0.223. The van der Waals surface area contributed by atoms with E-state index in [4.69, 9.17) is 4.84 Å². The minimum absolute atomic E-state index is 0.0951. The number of hydrogen-bond donors (Lipinski definition) is 2. The molecule has 1 aromatic carbocycles. The molecule has 2 rings (SSSR count). The predicted octanol–water partition coefficient (Wildman–Crippen LogP) is 3.89. The maximum atomic E-state index is 12.9. The van der Waals surface area contributed by atoms with Gasteiger partial charge in [0.25, 0.3) is 0 Å². The highest BCUT2D eigenvalue weighted by Gasteiger charge is 2.36. The third-order valence-corrected chi connectivity index (χ3v) is 4.11. The van der Waals surface area contributed by atoms with Crippen molar-refractivity contribution < 1.29 is 19.5 Å². The molecule has 1 aliphatic carbocycles. The Morgan fingerprint density at radius 1 is 1.16 bits per heavy atom. The number of hydroxylamine groups is 2. The Balaban J connectivity index is 2.27. The molecule has 1 saturated carbocycles. The molecule has 2 amide bonds. The Hall–Kier alpha value is -2.08. The average molecular weight is 348 g/mol. The molecule has 0 heterocycles. The Labute approximate surface area is 149 Å². The van der Waals surface area contributed by atoms with Crippen LogP contribution in [0.1, 0.15) is 64.5 Å². The molecule has 0 bridgehead atoms. The Bertz CT molecular complexity index is 577. The topological polar surface area (TPSA) is 78.9 Å². The fourth-order valence-corrected chi connectivity index (χ4v) is 3.05. The standard InChI is InChI=1S/C19H28N2O4/c1-19(2,3)25-21(18(23)24)16(14-10-6-4-7-11-14)17(22)20-15-12-8-5-9-13-15/h4,6-7,10-11,15-16H,5,8-9,12-13H2,1-3H3,(H,20,22)(H,23,24). The number of nitrogens with one attached hydrogen (secondary N) is 1. The summed E-state index contributed by atoms with van der Waals surface area (Å²) < 4.78 is 0. The first kappa shape index (κ1) is 19.2. The Kier molecular flexibility index (Phi) is 6.42. The number of carbonyl (C=O) groups excluding carboxylic acids is 1. The van der Waals surface area contributed by atoms with Crippen molar-refractivity contribution in [2.45, 2.75) is 70.6 Å². The lowest BCUT2D eigenvalue weighted by Crippen LogP contribution is -2.48. The van der Waals surface area contributed by atoms with Crippen molar-refractivity contribution in [3.63, 3.8) is 0 Å². The number of carbonyl (C=O) groups is 2. The second-order valence-electron chi connectivity index (χ2n) is 7.47. The second kappa shape index (κ2) is 8.34. The highest BCUT2D eigenvalue weighted by atomic mass is 16.7. The Morgan fingerprint density at radius 3 is 2.28 bits per heavy atom. The van der Waals surface area contributed by atoms with Gasteiger partial charge < -0.3 is 10.4 Å².